The molecular formula is C18H32NO8P. The summed E-state index contributed by atoms with van der Waals surface area (Å²) in [6, 6.07) is 0. The van der Waals surface area contributed by atoms with Crippen LogP contribution in [-0.2, 0) is 37.2 Å². The first-order chi connectivity index (χ1) is 13.1. The molecule has 0 aliphatic carbocycles. The zero-order chi connectivity index (χ0) is 21.6. The molecular weight excluding hydrogens is 389 g/mol. The van der Waals surface area contributed by atoms with Crippen LogP contribution in [0.15, 0.2) is 24.3 Å². The molecule has 0 atom stereocenters. The molecule has 0 fully saturated rings. The minimum Gasteiger partial charge on any atom is -0.460 e. The molecule has 0 aliphatic heterocycles. The van der Waals surface area contributed by atoms with E-state index in [1.807, 2.05) is 13.8 Å². The fourth-order valence-electron chi connectivity index (χ4n) is 1.75. The van der Waals surface area contributed by atoms with E-state index in [4.69, 9.17) is 23.0 Å². The average Bonchev–Trinajstić information content (AvgIpc) is 2.65. The van der Waals surface area contributed by atoms with E-state index in [9.17, 15) is 14.2 Å². The van der Waals surface area contributed by atoms with Crippen molar-refractivity contribution in [3.63, 3.8) is 0 Å². The lowest BCUT2D eigenvalue weighted by Gasteiger charge is -2.21. The molecule has 162 valence electrons. The summed E-state index contributed by atoms with van der Waals surface area (Å²) in [4.78, 5) is 24.8. The highest BCUT2D eigenvalue weighted by molar-refractivity contribution is 7.48. The third-order valence-electron chi connectivity index (χ3n) is 3.38. The van der Waals surface area contributed by atoms with E-state index >= 15 is 0 Å². The van der Waals surface area contributed by atoms with Gasteiger partial charge in [0.1, 0.15) is 13.2 Å². The van der Waals surface area contributed by atoms with E-state index < -0.39 is 19.8 Å². The van der Waals surface area contributed by atoms with E-state index in [1.54, 1.807) is 0 Å². The Balaban J connectivity index is 4.55. The van der Waals surface area contributed by atoms with E-state index in [-0.39, 0.29) is 44.2 Å². The van der Waals surface area contributed by atoms with Crippen LogP contribution in [0.3, 0.4) is 0 Å². The van der Waals surface area contributed by atoms with Crippen LogP contribution in [0.4, 0.5) is 0 Å². The first kappa shape index (κ1) is 26.5. The molecule has 0 radical (unpaired) electrons. The maximum Gasteiger partial charge on any atom is 0.475 e. The number of carbonyl (C=O) groups excluding carboxylic acids is 2. The van der Waals surface area contributed by atoms with Crippen LogP contribution < -0.4 is 0 Å². The number of likely N-dealkylation sites (N-methyl/N-ethyl adjacent to an activating group) is 1. The summed E-state index contributed by atoms with van der Waals surface area (Å²) in [6.45, 7) is 15.6. The maximum atomic E-state index is 12.7. The van der Waals surface area contributed by atoms with Crippen molar-refractivity contribution in [2.45, 2.75) is 27.7 Å². The summed E-state index contributed by atoms with van der Waals surface area (Å²) in [7, 11) is -3.92. The third-order valence-corrected chi connectivity index (χ3v) is 4.88. The lowest BCUT2D eigenvalue weighted by atomic mass is 10.4. The van der Waals surface area contributed by atoms with E-state index in [2.05, 4.69) is 18.1 Å². The van der Waals surface area contributed by atoms with Crippen LogP contribution in [0.2, 0.25) is 0 Å². The van der Waals surface area contributed by atoms with Crippen molar-refractivity contribution >= 4 is 19.8 Å². The summed E-state index contributed by atoms with van der Waals surface area (Å²) in [5.41, 5.74) is 0.489. The lowest BCUT2D eigenvalue weighted by molar-refractivity contribution is -0.140. The van der Waals surface area contributed by atoms with Crippen molar-refractivity contribution in [3.8, 4) is 0 Å². The molecule has 28 heavy (non-hydrogen) atoms. The van der Waals surface area contributed by atoms with Gasteiger partial charge in [-0.05, 0) is 26.9 Å². The lowest BCUT2D eigenvalue weighted by Crippen LogP contribution is -2.27. The molecule has 0 saturated carbocycles. The Morgan fingerprint density at radius 2 is 1.18 bits per heavy atom. The van der Waals surface area contributed by atoms with Gasteiger partial charge in [0.15, 0.2) is 0 Å². The quantitative estimate of drug-likeness (QED) is 0.161. The normalized spacial score (nSPS) is 11.3. The molecule has 0 spiro atoms. The van der Waals surface area contributed by atoms with Crippen LogP contribution >= 0.6 is 7.82 Å². The van der Waals surface area contributed by atoms with E-state index in [1.165, 1.54) is 13.8 Å². The molecule has 0 amide bonds. The number of carbonyl (C=O) groups is 2. The predicted molar refractivity (Wildman–Crippen MR) is 105 cm³/mol. The highest BCUT2D eigenvalue weighted by Gasteiger charge is 2.27. The van der Waals surface area contributed by atoms with Gasteiger partial charge in [0.2, 0.25) is 0 Å². The van der Waals surface area contributed by atoms with Gasteiger partial charge in [0.25, 0.3) is 0 Å². The van der Waals surface area contributed by atoms with Crippen molar-refractivity contribution < 1.29 is 37.2 Å². The van der Waals surface area contributed by atoms with Gasteiger partial charge in [-0.1, -0.05) is 27.0 Å². The van der Waals surface area contributed by atoms with E-state index in [0.717, 1.165) is 13.1 Å². The number of rotatable bonds is 16. The number of nitrogens with zero attached hydrogens (tertiary/aromatic N) is 1. The van der Waals surface area contributed by atoms with Crippen LogP contribution in [0.5, 0.6) is 0 Å². The van der Waals surface area contributed by atoms with Crippen LogP contribution in [0.25, 0.3) is 0 Å². The van der Waals surface area contributed by atoms with Crippen LogP contribution in [0.1, 0.15) is 27.7 Å². The van der Waals surface area contributed by atoms with Crippen LogP contribution in [0, 0.1) is 0 Å². The Morgan fingerprint density at radius 3 is 1.54 bits per heavy atom. The third kappa shape index (κ3) is 12.0. The Kier molecular flexibility index (Phi) is 13.7. The summed E-state index contributed by atoms with van der Waals surface area (Å²) < 4.78 is 38.2. The minimum atomic E-state index is -3.92. The molecule has 0 aromatic heterocycles. The molecule has 10 heteroatoms. The summed E-state index contributed by atoms with van der Waals surface area (Å²) in [5, 5.41) is 0. The van der Waals surface area contributed by atoms with Gasteiger partial charge in [-0.3, -0.25) is 13.6 Å². The van der Waals surface area contributed by atoms with Gasteiger partial charge in [0.05, 0.1) is 19.8 Å². The SMILES string of the molecule is C=C(C)C(=O)OCCOP(=O)(OCCOC(=O)C(=C)C)OCCN(CC)CC. The Morgan fingerprint density at radius 1 is 0.786 bits per heavy atom. The largest absolute Gasteiger partial charge is 0.475 e. The number of hydrogen-bond acceptors (Lipinski definition) is 9. The highest BCUT2D eigenvalue weighted by atomic mass is 31.2. The topological polar surface area (TPSA) is 101 Å². The van der Waals surface area contributed by atoms with Gasteiger partial charge in [-0.15, -0.1) is 0 Å². The standard InChI is InChI=1S/C18H32NO8P/c1-7-19(8-2)9-10-25-28(22,26-13-11-23-17(20)15(3)4)27-14-12-24-18(21)16(5)6/h3,5,7-14H2,1-2,4,6H3. The molecule has 9 nitrogen and oxygen atoms in total. The molecule has 0 aromatic rings. The van der Waals surface area contributed by atoms with Gasteiger partial charge in [0, 0.05) is 17.7 Å². The monoisotopic (exact) mass is 421 g/mol. The Hall–Kier alpha value is -1.51. The molecule has 0 aliphatic rings. The molecule has 0 N–H and O–H groups in total. The van der Waals surface area contributed by atoms with Crippen molar-refractivity contribution in [2.75, 3.05) is 52.7 Å². The number of hydrogen-bond donors (Lipinski definition) is 0. The number of phosphoric ester groups is 1. The average molecular weight is 421 g/mol. The second-order valence-corrected chi connectivity index (χ2v) is 7.48. The zero-order valence-electron chi connectivity index (χ0n) is 17.2. The molecule has 0 saturated heterocycles. The van der Waals surface area contributed by atoms with Gasteiger partial charge >= 0.3 is 19.8 Å². The van der Waals surface area contributed by atoms with Crippen molar-refractivity contribution in [3.05, 3.63) is 24.3 Å². The summed E-state index contributed by atoms with van der Waals surface area (Å²) in [6.07, 6.45) is 0. The highest BCUT2D eigenvalue weighted by Crippen LogP contribution is 2.49. The second kappa shape index (κ2) is 14.5. The fraction of sp³-hybridized carbons (Fsp3) is 0.667. The first-order valence-corrected chi connectivity index (χ1v) is 10.5. The first-order valence-electron chi connectivity index (χ1n) is 9.06. The summed E-state index contributed by atoms with van der Waals surface area (Å²) >= 11 is 0. The molecule has 0 bridgehead atoms. The minimum absolute atomic E-state index is 0.121. The smallest absolute Gasteiger partial charge is 0.460 e. The predicted octanol–water partition coefficient (Wildman–Crippen LogP) is 2.72. The van der Waals surface area contributed by atoms with Crippen molar-refractivity contribution in [1.82, 2.24) is 4.90 Å². The van der Waals surface area contributed by atoms with Gasteiger partial charge in [-0.2, -0.15) is 0 Å². The number of phosphoric acid groups is 1. The molecule has 0 aromatic carbocycles. The number of esters is 2. The molecule has 0 rings (SSSR count). The summed E-state index contributed by atoms with van der Waals surface area (Å²) in [5.74, 6) is -1.15. The van der Waals surface area contributed by atoms with E-state index in [0.29, 0.717) is 6.54 Å². The van der Waals surface area contributed by atoms with Crippen molar-refractivity contribution in [2.24, 2.45) is 0 Å². The maximum absolute atomic E-state index is 12.7. The zero-order valence-corrected chi connectivity index (χ0v) is 18.1. The number of ether oxygens (including phenoxy) is 2. The second-order valence-electron chi connectivity index (χ2n) is 5.81. The van der Waals surface area contributed by atoms with Gasteiger partial charge in [-0.25, -0.2) is 14.2 Å². The molecule has 0 heterocycles. The van der Waals surface area contributed by atoms with Crippen LogP contribution in [-0.4, -0.2) is 69.5 Å². The fourth-order valence-corrected chi connectivity index (χ4v) is 2.87. The Labute approximate surface area is 167 Å². The molecule has 0 unspecified atom stereocenters. The van der Waals surface area contributed by atoms with Crippen molar-refractivity contribution in [1.29, 1.82) is 0 Å². The van der Waals surface area contributed by atoms with Gasteiger partial charge < -0.3 is 14.4 Å². The Bertz CT molecular complexity index is 536.